The van der Waals surface area contributed by atoms with Crippen LogP contribution < -0.4 is 0 Å². The van der Waals surface area contributed by atoms with Gasteiger partial charge in [0.15, 0.2) is 5.78 Å². The summed E-state index contributed by atoms with van der Waals surface area (Å²) in [6.45, 7) is 2.12. The van der Waals surface area contributed by atoms with Gasteiger partial charge in [-0.1, -0.05) is 18.2 Å². The molecule has 64 valence electrons. The fraction of sp³-hybridized carbons (Fsp3) is 0.300. The van der Waals surface area contributed by atoms with E-state index < -0.39 is 0 Å². The van der Waals surface area contributed by atoms with Crippen LogP contribution in [0.25, 0.3) is 0 Å². The van der Waals surface area contributed by atoms with E-state index in [2.05, 4.69) is 0 Å². The molecule has 0 unspecified atom stereocenters. The summed E-state index contributed by atoms with van der Waals surface area (Å²) in [6.07, 6.45) is 0. The monoisotopic (exact) mass is 164 g/mol. The van der Waals surface area contributed by atoms with E-state index in [1.165, 1.54) is 0 Å². The fourth-order valence-corrected chi connectivity index (χ4v) is 1.05. The molecular weight excluding hydrogens is 152 g/mol. The van der Waals surface area contributed by atoms with Crippen molar-refractivity contribution in [2.24, 2.45) is 0 Å². The summed E-state index contributed by atoms with van der Waals surface area (Å²) in [5, 5.41) is 0. The number of Topliss-reactive ketones (excluding diaryl/α,β-unsaturated/α-hetero) is 1. The van der Waals surface area contributed by atoms with Crippen LogP contribution in [0.2, 0.25) is 0 Å². The molecule has 0 bridgehead atoms. The average Bonchev–Trinajstić information content (AvgIpc) is 2.05. The molecule has 0 atom stereocenters. The maximum atomic E-state index is 11.0. The summed E-state index contributed by atoms with van der Waals surface area (Å²) in [4.78, 5) is 11.0. The normalized spacial score (nSPS) is 9.83. The minimum atomic E-state index is 0.0907. The highest BCUT2D eigenvalue weighted by atomic mass is 16.5. The Kier molecular flexibility index (Phi) is 3.00. The van der Waals surface area contributed by atoms with Crippen molar-refractivity contribution < 1.29 is 9.53 Å². The molecule has 2 nitrogen and oxygen atoms in total. The van der Waals surface area contributed by atoms with Gasteiger partial charge in [0.1, 0.15) is 0 Å². The SMILES string of the molecule is COCc1cccc(C(C)=O)c1. The van der Waals surface area contributed by atoms with Crippen molar-refractivity contribution in [3.8, 4) is 0 Å². The average molecular weight is 164 g/mol. The Morgan fingerprint density at radius 1 is 1.50 bits per heavy atom. The van der Waals surface area contributed by atoms with Crippen LogP contribution in [0.4, 0.5) is 0 Å². The fourth-order valence-electron chi connectivity index (χ4n) is 1.05. The standard InChI is InChI=1S/C10H12O2/c1-8(11)10-5-3-4-9(6-10)7-12-2/h3-6H,7H2,1-2H3. The Morgan fingerprint density at radius 2 is 2.25 bits per heavy atom. The molecule has 0 fully saturated rings. The van der Waals surface area contributed by atoms with Crippen LogP contribution in [0, 0.1) is 0 Å². The van der Waals surface area contributed by atoms with Crippen LogP contribution in [-0.4, -0.2) is 12.9 Å². The van der Waals surface area contributed by atoms with Gasteiger partial charge in [0.05, 0.1) is 6.61 Å². The first kappa shape index (κ1) is 8.94. The molecule has 0 aromatic heterocycles. The number of methoxy groups -OCH3 is 1. The molecule has 0 aliphatic heterocycles. The molecule has 0 aliphatic carbocycles. The number of carbonyl (C=O) groups is 1. The lowest BCUT2D eigenvalue weighted by atomic mass is 10.1. The zero-order valence-corrected chi connectivity index (χ0v) is 7.33. The summed E-state index contributed by atoms with van der Waals surface area (Å²) >= 11 is 0. The Labute approximate surface area is 72.2 Å². The molecule has 1 rings (SSSR count). The number of hydrogen-bond donors (Lipinski definition) is 0. The smallest absolute Gasteiger partial charge is 0.159 e. The van der Waals surface area contributed by atoms with Crippen molar-refractivity contribution in [2.45, 2.75) is 13.5 Å². The summed E-state index contributed by atoms with van der Waals surface area (Å²) < 4.78 is 4.95. The van der Waals surface area contributed by atoms with E-state index in [0.29, 0.717) is 6.61 Å². The van der Waals surface area contributed by atoms with E-state index >= 15 is 0 Å². The maximum absolute atomic E-state index is 11.0. The van der Waals surface area contributed by atoms with Crippen molar-refractivity contribution >= 4 is 5.78 Å². The summed E-state index contributed by atoms with van der Waals surface area (Å²) in [5.41, 5.74) is 1.77. The third kappa shape index (κ3) is 2.17. The van der Waals surface area contributed by atoms with Gasteiger partial charge < -0.3 is 4.74 Å². The second-order valence-electron chi connectivity index (χ2n) is 2.69. The molecule has 0 spiro atoms. The van der Waals surface area contributed by atoms with Crippen molar-refractivity contribution in [1.29, 1.82) is 0 Å². The van der Waals surface area contributed by atoms with Crippen molar-refractivity contribution in [2.75, 3.05) is 7.11 Å². The predicted octanol–water partition coefficient (Wildman–Crippen LogP) is 2.04. The van der Waals surface area contributed by atoms with E-state index in [1.54, 1.807) is 14.0 Å². The van der Waals surface area contributed by atoms with Gasteiger partial charge >= 0.3 is 0 Å². The zero-order valence-electron chi connectivity index (χ0n) is 7.33. The molecule has 12 heavy (non-hydrogen) atoms. The van der Waals surface area contributed by atoms with E-state index in [1.807, 2.05) is 24.3 Å². The molecule has 1 aromatic rings. The lowest BCUT2D eigenvalue weighted by Crippen LogP contribution is -1.94. The molecule has 0 amide bonds. The lowest BCUT2D eigenvalue weighted by Gasteiger charge is -2.00. The second-order valence-corrected chi connectivity index (χ2v) is 2.69. The topological polar surface area (TPSA) is 26.3 Å². The molecule has 0 aliphatic rings. The number of ether oxygens (including phenoxy) is 1. The highest BCUT2D eigenvalue weighted by Crippen LogP contribution is 2.06. The van der Waals surface area contributed by atoms with Gasteiger partial charge in [-0.15, -0.1) is 0 Å². The molecule has 1 aromatic carbocycles. The Hall–Kier alpha value is -1.15. The van der Waals surface area contributed by atoms with Gasteiger partial charge in [-0.2, -0.15) is 0 Å². The molecular formula is C10H12O2. The van der Waals surface area contributed by atoms with Gasteiger partial charge in [0.2, 0.25) is 0 Å². The largest absolute Gasteiger partial charge is 0.380 e. The van der Waals surface area contributed by atoms with Crippen LogP contribution >= 0.6 is 0 Å². The molecule has 0 saturated heterocycles. The summed E-state index contributed by atoms with van der Waals surface area (Å²) in [5.74, 6) is 0.0907. The van der Waals surface area contributed by atoms with E-state index in [9.17, 15) is 4.79 Å². The van der Waals surface area contributed by atoms with Crippen LogP contribution in [0.5, 0.6) is 0 Å². The zero-order chi connectivity index (χ0) is 8.97. The van der Waals surface area contributed by atoms with Crippen LogP contribution in [0.3, 0.4) is 0 Å². The van der Waals surface area contributed by atoms with Gasteiger partial charge in [-0.25, -0.2) is 0 Å². The first-order valence-corrected chi connectivity index (χ1v) is 3.83. The van der Waals surface area contributed by atoms with Crippen molar-refractivity contribution in [3.63, 3.8) is 0 Å². The van der Waals surface area contributed by atoms with Crippen molar-refractivity contribution in [1.82, 2.24) is 0 Å². The van der Waals surface area contributed by atoms with Crippen LogP contribution in [0.15, 0.2) is 24.3 Å². The Morgan fingerprint density at radius 3 is 2.83 bits per heavy atom. The maximum Gasteiger partial charge on any atom is 0.159 e. The predicted molar refractivity (Wildman–Crippen MR) is 47.2 cm³/mol. The third-order valence-corrected chi connectivity index (χ3v) is 1.64. The lowest BCUT2D eigenvalue weighted by molar-refractivity contribution is 0.101. The van der Waals surface area contributed by atoms with E-state index in [-0.39, 0.29) is 5.78 Å². The quantitative estimate of drug-likeness (QED) is 0.639. The number of rotatable bonds is 3. The number of carbonyl (C=O) groups excluding carboxylic acids is 1. The first-order chi connectivity index (χ1) is 5.74. The van der Waals surface area contributed by atoms with E-state index in [4.69, 9.17) is 4.74 Å². The van der Waals surface area contributed by atoms with Gasteiger partial charge in [0.25, 0.3) is 0 Å². The Bertz CT molecular complexity index is 279. The van der Waals surface area contributed by atoms with Crippen LogP contribution in [-0.2, 0) is 11.3 Å². The number of benzene rings is 1. The highest BCUT2D eigenvalue weighted by Gasteiger charge is 1.99. The molecule has 0 heterocycles. The second kappa shape index (κ2) is 4.02. The number of ketones is 1. The summed E-state index contributed by atoms with van der Waals surface area (Å²) in [6, 6.07) is 7.47. The van der Waals surface area contributed by atoms with E-state index in [0.717, 1.165) is 11.1 Å². The third-order valence-electron chi connectivity index (χ3n) is 1.64. The van der Waals surface area contributed by atoms with Crippen LogP contribution in [0.1, 0.15) is 22.8 Å². The minimum Gasteiger partial charge on any atom is -0.380 e. The molecule has 2 heteroatoms. The highest BCUT2D eigenvalue weighted by molar-refractivity contribution is 5.94. The molecule has 0 N–H and O–H groups in total. The first-order valence-electron chi connectivity index (χ1n) is 3.83. The van der Waals surface area contributed by atoms with Gasteiger partial charge in [-0.3, -0.25) is 4.79 Å². The van der Waals surface area contributed by atoms with Crippen molar-refractivity contribution in [3.05, 3.63) is 35.4 Å². The minimum absolute atomic E-state index is 0.0907. The molecule has 0 radical (unpaired) electrons. The Balaban J connectivity index is 2.88. The number of hydrogen-bond acceptors (Lipinski definition) is 2. The molecule has 0 saturated carbocycles. The van der Waals surface area contributed by atoms with Gasteiger partial charge in [0, 0.05) is 12.7 Å². The van der Waals surface area contributed by atoms with Gasteiger partial charge in [-0.05, 0) is 18.6 Å². The summed E-state index contributed by atoms with van der Waals surface area (Å²) in [7, 11) is 1.64.